The Morgan fingerprint density at radius 1 is 1.53 bits per heavy atom. The van der Waals surface area contributed by atoms with Gasteiger partial charge in [0.2, 0.25) is 0 Å². The fourth-order valence-corrected chi connectivity index (χ4v) is 4.95. The van der Waals surface area contributed by atoms with Crippen molar-refractivity contribution in [2.75, 3.05) is 18.1 Å². The number of nitrogens with zero attached hydrogens (tertiary/aromatic N) is 1. The Labute approximate surface area is 106 Å². The molecule has 96 valence electrons. The average molecular weight is 274 g/mol. The molecule has 1 aliphatic rings. The molecule has 1 saturated heterocycles. The second-order valence-corrected chi connectivity index (χ2v) is 7.77. The third-order valence-electron chi connectivity index (χ3n) is 3.02. The molecule has 0 radical (unpaired) electrons. The van der Waals surface area contributed by atoms with E-state index in [2.05, 4.69) is 4.98 Å². The van der Waals surface area contributed by atoms with E-state index in [-0.39, 0.29) is 5.92 Å². The van der Waals surface area contributed by atoms with Crippen LogP contribution in [0.15, 0.2) is 5.38 Å². The van der Waals surface area contributed by atoms with Gasteiger partial charge in [-0.15, -0.1) is 11.3 Å². The Bertz CT molecular complexity index is 468. The number of thiazole rings is 1. The summed E-state index contributed by atoms with van der Waals surface area (Å²) in [6.07, 6.45) is 3.41. The molecule has 1 aliphatic heterocycles. The third-order valence-corrected chi connectivity index (χ3v) is 5.83. The van der Waals surface area contributed by atoms with Gasteiger partial charge >= 0.3 is 0 Å². The molecule has 0 amide bonds. The predicted octanol–water partition coefficient (Wildman–Crippen LogP) is 1.01. The zero-order valence-corrected chi connectivity index (χ0v) is 11.4. The molecule has 2 rings (SSSR count). The van der Waals surface area contributed by atoms with Gasteiger partial charge in [-0.1, -0.05) is 0 Å². The van der Waals surface area contributed by atoms with Crippen molar-refractivity contribution in [1.82, 2.24) is 4.98 Å². The van der Waals surface area contributed by atoms with E-state index in [9.17, 15) is 8.42 Å². The molecule has 2 heterocycles. The molecular weight excluding hydrogens is 256 g/mol. The summed E-state index contributed by atoms with van der Waals surface area (Å²) in [7, 11) is -2.80. The lowest BCUT2D eigenvalue weighted by molar-refractivity contribution is 0.483. The van der Waals surface area contributed by atoms with Gasteiger partial charge in [-0.25, -0.2) is 13.4 Å². The highest BCUT2D eigenvalue weighted by molar-refractivity contribution is 7.91. The summed E-state index contributed by atoms with van der Waals surface area (Å²) in [5.41, 5.74) is 6.51. The summed E-state index contributed by atoms with van der Waals surface area (Å²) in [5, 5.41) is 3.08. The number of aromatic nitrogens is 1. The third kappa shape index (κ3) is 3.76. The van der Waals surface area contributed by atoms with Gasteiger partial charge in [-0.05, 0) is 25.3 Å². The van der Waals surface area contributed by atoms with Crippen molar-refractivity contribution in [2.24, 2.45) is 11.7 Å². The van der Waals surface area contributed by atoms with Gasteiger partial charge in [0.05, 0.1) is 22.2 Å². The highest BCUT2D eigenvalue weighted by Gasteiger charge is 2.25. The first kappa shape index (κ1) is 13.0. The first-order valence-corrected chi connectivity index (χ1v) is 8.63. The monoisotopic (exact) mass is 274 g/mol. The van der Waals surface area contributed by atoms with Gasteiger partial charge in [0.15, 0.2) is 9.84 Å². The minimum Gasteiger partial charge on any atom is -0.330 e. The molecule has 2 N–H and O–H groups in total. The van der Waals surface area contributed by atoms with Crippen molar-refractivity contribution in [2.45, 2.75) is 25.7 Å². The van der Waals surface area contributed by atoms with E-state index in [4.69, 9.17) is 5.73 Å². The lowest BCUT2D eigenvalue weighted by Gasteiger charge is -2.20. The van der Waals surface area contributed by atoms with Gasteiger partial charge in [-0.3, -0.25) is 0 Å². The largest absolute Gasteiger partial charge is 0.330 e. The van der Waals surface area contributed by atoms with E-state index in [0.29, 0.717) is 18.1 Å². The van der Waals surface area contributed by atoms with Crippen molar-refractivity contribution in [3.8, 4) is 0 Å². The first-order chi connectivity index (χ1) is 8.09. The molecular formula is C11H18N2O2S2. The molecule has 17 heavy (non-hydrogen) atoms. The quantitative estimate of drug-likeness (QED) is 0.889. The first-order valence-electron chi connectivity index (χ1n) is 5.93. The lowest BCUT2D eigenvalue weighted by Crippen LogP contribution is -2.26. The average Bonchev–Trinajstić information content (AvgIpc) is 2.64. The highest BCUT2D eigenvalue weighted by Crippen LogP contribution is 2.23. The van der Waals surface area contributed by atoms with E-state index in [1.807, 2.05) is 5.38 Å². The van der Waals surface area contributed by atoms with Crippen molar-refractivity contribution in [1.29, 1.82) is 0 Å². The molecule has 6 heteroatoms. The molecule has 1 aromatic rings. The number of nitrogens with two attached hydrogens (primary N) is 1. The van der Waals surface area contributed by atoms with Crippen LogP contribution in [0.5, 0.6) is 0 Å². The maximum atomic E-state index is 11.5. The van der Waals surface area contributed by atoms with Crippen LogP contribution in [0.3, 0.4) is 0 Å². The minimum absolute atomic E-state index is 0.255. The van der Waals surface area contributed by atoms with E-state index in [0.717, 1.165) is 36.4 Å². The van der Waals surface area contributed by atoms with Crippen LogP contribution in [-0.2, 0) is 22.7 Å². The second kappa shape index (κ2) is 5.46. The number of hydrogen-bond acceptors (Lipinski definition) is 5. The predicted molar refractivity (Wildman–Crippen MR) is 70.0 cm³/mol. The Kier molecular flexibility index (Phi) is 4.17. The Morgan fingerprint density at radius 2 is 2.35 bits per heavy atom. The molecule has 0 spiro atoms. The van der Waals surface area contributed by atoms with Crippen molar-refractivity contribution in [3.05, 3.63) is 16.1 Å². The molecule has 1 fully saturated rings. The van der Waals surface area contributed by atoms with Crippen LogP contribution >= 0.6 is 11.3 Å². The zero-order valence-electron chi connectivity index (χ0n) is 9.76. The Morgan fingerprint density at radius 3 is 3.06 bits per heavy atom. The summed E-state index contributed by atoms with van der Waals surface area (Å²) in [4.78, 5) is 4.49. The standard InChI is InChI=1S/C11H18N2O2S2/c12-4-3-10-7-16-11(13-10)6-9-2-1-5-17(14,15)8-9/h7,9H,1-6,8,12H2. The molecule has 1 unspecified atom stereocenters. The molecule has 0 aliphatic carbocycles. The Hall–Kier alpha value is -0.460. The summed E-state index contributed by atoms with van der Waals surface area (Å²) in [5.74, 6) is 0.948. The van der Waals surface area contributed by atoms with Crippen LogP contribution in [0, 0.1) is 5.92 Å². The van der Waals surface area contributed by atoms with Crippen LogP contribution in [0.1, 0.15) is 23.5 Å². The normalized spacial score (nSPS) is 23.7. The molecule has 0 bridgehead atoms. The van der Waals surface area contributed by atoms with Crippen LogP contribution in [0.25, 0.3) is 0 Å². The van der Waals surface area contributed by atoms with Gasteiger partial charge in [0.25, 0.3) is 0 Å². The molecule has 0 saturated carbocycles. The summed E-state index contributed by atoms with van der Waals surface area (Å²) < 4.78 is 23.1. The van der Waals surface area contributed by atoms with Crippen LogP contribution in [0.2, 0.25) is 0 Å². The van der Waals surface area contributed by atoms with Crippen molar-refractivity contribution < 1.29 is 8.42 Å². The van der Waals surface area contributed by atoms with E-state index in [1.54, 1.807) is 11.3 Å². The summed E-state index contributed by atoms with van der Waals surface area (Å²) in [6.45, 7) is 0.612. The topological polar surface area (TPSA) is 73.1 Å². The van der Waals surface area contributed by atoms with E-state index >= 15 is 0 Å². The maximum absolute atomic E-state index is 11.5. The van der Waals surface area contributed by atoms with Crippen molar-refractivity contribution >= 4 is 21.2 Å². The zero-order chi connectivity index (χ0) is 12.3. The van der Waals surface area contributed by atoms with E-state index in [1.165, 1.54) is 0 Å². The molecule has 1 aromatic heterocycles. The number of rotatable bonds is 4. The molecule has 1 atom stereocenters. The van der Waals surface area contributed by atoms with Crippen LogP contribution in [0.4, 0.5) is 0 Å². The number of hydrogen-bond donors (Lipinski definition) is 1. The van der Waals surface area contributed by atoms with E-state index < -0.39 is 9.84 Å². The van der Waals surface area contributed by atoms with Crippen LogP contribution < -0.4 is 5.73 Å². The fourth-order valence-electron chi connectivity index (χ4n) is 2.23. The van der Waals surface area contributed by atoms with Gasteiger partial charge in [0, 0.05) is 18.2 Å². The molecule has 0 aromatic carbocycles. The summed E-state index contributed by atoms with van der Waals surface area (Å²) >= 11 is 1.62. The fraction of sp³-hybridized carbons (Fsp3) is 0.727. The second-order valence-electron chi connectivity index (χ2n) is 4.60. The smallest absolute Gasteiger partial charge is 0.150 e. The lowest BCUT2D eigenvalue weighted by atomic mass is 10.0. The number of sulfone groups is 1. The summed E-state index contributed by atoms with van der Waals surface area (Å²) in [6, 6.07) is 0. The Balaban J connectivity index is 1.95. The van der Waals surface area contributed by atoms with Gasteiger partial charge in [0.1, 0.15) is 0 Å². The SMILES string of the molecule is NCCc1csc(CC2CCCS(=O)(=O)C2)n1. The van der Waals surface area contributed by atoms with Gasteiger partial charge < -0.3 is 5.73 Å². The highest BCUT2D eigenvalue weighted by atomic mass is 32.2. The van der Waals surface area contributed by atoms with Gasteiger partial charge in [-0.2, -0.15) is 0 Å². The molecule has 4 nitrogen and oxygen atoms in total. The maximum Gasteiger partial charge on any atom is 0.150 e. The van der Waals surface area contributed by atoms with Crippen LogP contribution in [-0.4, -0.2) is 31.5 Å². The minimum atomic E-state index is -2.80. The van der Waals surface area contributed by atoms with Crippen molar-refractivity contribution in [3.63, 3.8) is 0 Å².